The second-order valence-electron chi connectivity index (χ2n) is 4.59. The second-order valence-corrected chi connectivity index (χ2v) is 5.03. The summed E-state index contributed by atoms with van der Waals surface area (Å²) in [6, 6.07) is 1.77. The number of aromatic nitrogens is 2. The van der Waals surface area contributed by atoms with Crippen LogP contribution in [0.5, 0.6) is 0 Å². The Balaban J connectivity index is 3.03. The lowest BCUT2D eigenvalue weighted by atomic mass is 9.92. The summed E-state index contributed by atoms with van der Waals surface area (Å²) >= 11 is 5.10. The summed E-state index contributed by atoms with van der Waals surface area (Å²) < 4.78 is 1.68. The standard InChI is InChI=1S/C13H22N4OS/c1-5-13(6-2,12(14)19)15-11(18)10-8-9(4)16-17(10)7-3/h8H,5-7H2,1-4H3,(H2,14,19)(H,15,18). The van der Waals surface area contributed by atoms with Crippen molar-refractivity contribution in [3.05, 3.63) is 17.5 Å². The van der Waals surface area contributed by atoms with Gasteiger partial charge < -0.3 is 11.1 Å². The second kappa shape index (κ2) is 6.14. The number of aryl methyl sites for hydroxylation is 2. The van der Waals surface area contributed by atoms with E-state index >= 15 is 0 Å². The van der Waals surface area contributed by atoms with Crippen LogP contribution in [-0.4, -0.2) is 26.2 Å². The van der Waals surface area contributed by atoms with E-state index in [2.05, 4.69) is 10.4 Å². The molecule has 0 spiro atoms. The van der Waals surface area contributed by atoms with E-state index in [1.807, 2.05) is 27.7 Å². The first-order valence-electron chi connectivity index (χ1n) is 6.57. The normalized spacial score (nSPS) is 11.4. The number of nitrogens with one attached hydrogen (secondary N) is 1. The fourth-order valence-corrected chi connectivity index (χ4v) is 2.43. The Morgan fingerprint density at radius 2 is 2.05 bits per heavy atom. The SMILES string of the molecule is CCn1nc(C)cc1C(=O)NC(CC)(CC)C(N)=S. The molecule has 0 fully saturated rings. The van der Waals surface area contributed by atoms with Crippen LogP contribution < -0.4 is 11.1 Å². The summed E-state index contributed by atoms with van der Waals surface area (Å²) in [4.78, 5) is 12.7. The molecule has 19 heavy (non-hydrogen) atoms. The van der Waals surface area contributed by atoms with Crippen molar-refractivity contribution in [1.82, 2.24) is 15.1 Å². The Hall–Kier alpha value is -1.43. The van der Waals surface area contributed by atoms with E-state index in [4.69, 9.17) is 18.0 Å². The number of hydrogen-bond acceptors (Lipinski definition) is 3. The van der Waals surface area contributed by atoms with Gasteiger partial charge in [-0.15, -0.1) is 0 Å². The molecule has 1 heterocycles. The van der Waals surface area contributed by atoms with Gasteiger partial charge in [-0.3, -0.25) is 9.48 Å². The van der Waals surface area contributed by atoms with E-state index in [1.54, 1.807) is 10.7 Å². The topological polar surface area (TPSA) is 72.9 Å². The zero-order valence-electron chi connectivity index (χ0n) is 12.0. The lowest BCUT2D eigenvalue weighted by Gasteiger charge is -2.31. The fourth-order valence-electron chi connectivity index (χ4n) is 2.09. The van der Waals surface area contributed by atoms with Crippen molar-refractivity contribution < 1.29 is 4.79 Å². The molecule has 0 bridgehead atoms. The van der Waals surface area contributed by atoms with Crippen molar-refractivity contribution >= 4 is 23.1 Å². The third-order valence-electron chi connectivity index (χ3n) is 3.47. The molecule has 0 unspecified atom stereocenters. The van der Waals surface area contributed by atoms with Crippen molar-refractivity contribution in [2.75, 3.05) is 0 Å². The van der Waals surface area contributed by atoms with Gasteiger partial charge in [0.25, 0.3) is 5.91 Å². The molecular weight excluding hydrogens is 260 g/mol. The van der Waals surface area contributed by atoms with Crippen LogP contribution in [0, 0.1) is 6.92 Å². The molecule has 106 valence electrons. The highest BCUT2D eigenvalue weighted by Gasteiger charge is 2.32. The molecule has 0 radical (unpaired) electrons. The molecule has 1 rings (SSSR count). The van der Waals surface area contributed by atoms with Crippen molar-refractivity contribution in [2.45, 2.75) is 52.6 Å². The van der Waals surface area contributed by atoms with E-state index in [1.165, 1.54) is 0 Å². The maximum Gasteiger partial charge on any atom is 0.270 e. The average molecular weight is 282 g/mol. The van der Waals surface area contributed by atoms with Crippen LogP contribution in [0.15, 0.2) is 6.07 Å². The predicted molar refractivity (Wildman–Crippen MR) is 80.2 cm³/mol. The van der Waals surface area contributed by atoms with E-state index in [0.717, 1.165) is 5.69 Å². The van der Waals surface area contributed by atoms with Gasteiger partial charge in [-0.1, -0.05) is 26.1 Å². The maximum absolute atomic E-state index is 12.4. The first-order valence-corrected chi connectivity index (χ1v) is 6.97. The van der Waals surface area contributed by atoms with Gasteiger partial charge in [-0.25, -0.2) is 0 Å². The van der Waals surface area contributed by atoms with Crippen LogP contribution in [0.25, 0.3) is 0 Å². The molecule has 0 aliphatic rings. The van der Waals surface area contributed by atoms with Gasteiger partial charge in [-0.05, 0) is 32.8 Å². The number of carbonyl (C=O) groups is 1. The molecule has 0 aliphatic carbocycles. The van der Waals surface area contributed by atoms with E-state index in [-0.39, 0.29) is 5.91 Å². The van der Waals surface area contributed by atoms with Gasteiger partial charge in [0.15, 0.2) is 0 Å². The molecule has 0 aromatic carbocycles. The van der Waals surface area contributed by atoms with Gasteiger partial charge in [-0.2, -0.15) is 5.10 Å². The number of thiocarbonyl (C=S) groups is 1. The Kier molecular flexibility index (Phi) is 5.05. The smallest absolute Gasteiger partial charge is 0.270 e. The number of nitrogens with zero attached hydrogens (tertiary/aromatic N) is 2. The van der Waals surface area contributed by atoms with Crippen LogP contribution in [0.3, 0.4) is 0 Å². The quantitative estimate of drug-likeness (QED) is 0.780. The lowest BCUT2D eigenvalue weighted by molar-refractivity contribution is 0.0909. The number of amides is 1. The molecule has 1 aromatic heterocycles. The largest absolute Gasteiger partial charge is 0.391 e. The Morgan fingerprint density at radius 1 is 1.47 bits per heavy atom. The van der Waals surface area contributed by atoms with Crippen LogP contribution in [-0.2, 0) is 6.54 Å². The minimum Gasteiger partial charge on any atom is -0.391 e. The van der Waals surface area contributed by atoms with Crippen LogP contribution in [0.4, 0.5) is 0 Å². The minimum absolute atomic E-state index is 0.182. The predicted octanol–water partition coefficient (Wildman–Crippen LogP) is 1.79. The minimum atomic E-state index is -0.622. The Bertz CT molecular complexity index is 477. The highest BCUT2D eigenvalue weighted by atomic mass is 32.1. The monoisotopic (exact) mass is 282 g/mol. The van der Waals surface area contributed by atoms with Gasteiger partial charge in [0.2, 0.25) is 0 Å². The molecule has 0 atom stereocenters. The highest BCUT2D eigenvalue weighted by Crippen LogP contribution is 2.17. The average Bonchev–Trinajstić information content (AvgIpc) is 2.76. The zero-order valence-corrected chi connectivity index (χ0v) is 12.8. The first kappa shape index (κ1) is 15.6. The lowest BCUT2D eigenvalue weighted by Crippen LogP contribution is -2.56. The Morgan fingerprint density at radius 3 is 2.47 bits per heavy atom. The van der Waals surface area contributed by atoms with Crippen molar-refractivity contribution in [2.24, 2.45) is 5.73 Å². The molecule has 0 aliphatic heterocycles. The number of hydrogen-bond donors (Lipinski definition) is 2. The third-order valence-corrected chi connectivity index (χ3v) is 3.86. The van der Waals surface area contributed by atoms with Crippen molar-refractivity contribution in [3.8, 4) is 0 Å². The molecule has 1 aromatic rings. The van der Waals surface area contributed by atoms with E-state index in [9.17, 15) is 4.79 Å². The summed E-state index contributed by atoms with van der Waals surface area (Å²) in [6.07, 6.45) is 1.34. The third kappa shape index (κ3) is 3.12. The van der Waals surface area contributed by atoms with Gasteiger partial charge >= 0.3 is 0 Å². The first-order chi connectivity index (χ1) is 8.90. The number of carbonyl (C=O) groups excluding carboxylic acids is 1. The molecule has 3 N–H and O–H groups in total. The summed E-state index contributed by atoms with van der Waals surface area (Å²) in [5.41, 5.74) is 6.53. The summed E-state index contributed by atoms with van der Waals surface area (Å²) in [6.45, 7) is 8.39. The molecule has 6 heteroatoms. The summed E-state index contributed by atoms with van der Waals surface area (Å²) in [5.74, 6) is -0.182. The number of nitrogens with two attached hydrogens (primary N) is 1. The molecule has 0 saturated heterocycles. The summed E-state index contributed by atoms with van der Waals surface area (Å²) in [7, 11) is 0. The van der Waals surface area contributed by atoms with Crippen molar-refractivity contribution in [1.29, 1.82) is 0 Å². The van der Waals surface area contributed by atoms with E-state index in [0.29, 0.717) is 30.1 Å². The van der Waals surface area contributed by atoms with Gasteiger partial charge in [0.1, 0.15) is 5.69 Å². The highest BCUT2D eigenvalue weighted by molar-refractivity contribution is 7.80. The van der Waals surface area contributed by atoms with Gasteiger partial charge in [0, 0.05) is 6.54 Å². The van der Waals surface area contributed by atoms with Crippen LogP contribution in [0.2, 0.25) is 0 Å². The number of rotatable bonds is 6. The van der Waals surface area contributed by atoms with Gasteiger partial charge in [0.05, 0.1) is 16.2 Å². The zero-order chi connectivity index (χ0) is 14.6. The molecule has 1 amide bonds. The summed E-state index contributed by atoms with van der Waals surface area (Å²) in [5, 5.41) is 7.24. The van der Waals surface area contributed by atoms with Crippen LogP contribution >= 0.6 is 12.2 Å². The molecule has 0 saturated carbocycles. The fraction of sp³-hybridized carbons (Fsp3) is 0.615. The van der Waals surface area contributed by atoms with E-state index < -0.39 is 5.54 Å². The molecule has 5 nitrogen and oxygen atoms in total. The molecular formula is C13H22N4OS. The maximum atomic E-state index is 12.4. The van der Waals surface area contributed by atoms with Crippen LogP contribution in [0.1, 0.15) is 49.8 Å². The Labute approximate surface area is 119 Å². The van der Waals surface area contributed by atoms with Crippen molar-refractivity contribution in [3.63, 3.8) is 0 Å².